The SMILES string of the molecule is Cc1ccc(C2c3ccc(O)cc3OCC2c2ccc(O)cc2)cc1. The molecule has 2 N–H and O–H groups in total. The van der Waals surface area contributed by atoms with Crippen LogP contribution in [0.15, 0.2) is 66.7 Å². The molecule has 3 nitrogen and oxygen atoms in total. The third-order valence-corrected chi connectivity index (χ3v) is 4.91. The van der Waals surface area contributed by atoms with Crippen molar-refractivity contribution in [1.82, 2.24) is 0 Å². The Balaban J connectivity index is 1.84. The monoisotopic (exact) mass is 332 g/mol. The number of rotatable bonds is 2. The first-order valence-electron chi connectivity index (χ1n) is 8.43. The number of fused-ring (bicyclic) bond motifs is 1. The quantitative estimate of drug-likeness (QED) is 0.714. The van der Waals surface area contributed by atoms with Gasteiger partial charge in [-0.2, -0.15) is 0 Å². The molecule has 0 amide bonds. The third-order valence-electron chi connectivity index (χ3n) is 4.91. The third kappa shape index (κ3) is 2.93. The van der Waals surface area contributed by atoms with Crippen LogP contribution in [0.25, 0.3) is 0 Å². The van der Waals surface area contributed by atoms with E-state index in [0.29, 0.717) is 6.61 Å². The molecule has 1 aliphatic heterocycles. The molecule has 4 rings (SSSR count). The molecule has 0 spiro atoms. The van der Waals surface area contributed by atoms with E-state index in [-0.39, 0.29) is 23.3 Å². The minimum Gasteiger partial charge on any atom is -0.508 e. The largest absolute Gasteiger partial charge is 0.508 e. The Morgan fingerprint density at radius 3 is 2.16 bits per heavy atom. The number of phenols is 2. The summed E-state index contributed by atoms with van der Waals surface area (Å²) in [6.45, 7) is 2.61. The summed E-state index contributed by atoms with van der Waals surface area (Å²) in [6, 6.07) is 21.3. The molecule has 0 bridgehead atoms. The normalized spacial score (nSPS) is 19.1. The molecule has 0 saturated carbocycles. The molecule has 0 fully saturated rings. The summed E-state index contributed by atoms with van der Waals surface area (Å²) >= 11 is 0. The lowest BCUT2D eigenvalue weighted by molar-refractivity contribution is 0.247. The van der Waals surface area contributed by atoms with Crippen molar-refractivity contribution in [3.05, 3.63) is 89.0 Å². The fourth-order valence-corrected chi connectivity index (χ4v) is 3.59. The Kier molecular flexibility index (Phi) is 3.85. The lowest BCUT2D eigenvalue weighted by Crippen LogP contribution is -2.25. The molecule has 0 aliphatic carbocycles. The van der Waals surface area contributed by atoms with E-state index in [1.807, 2.05) is 18.2 Å². The average molecular weight is 332 g/mol. The van der Waals surface area contributed by atoms with Crippen LogP contribution in [0.3, 0.4) is 0 Å². The zero-order valence-electron chi connectivity index (χ0n) is 14.0. The van der Waals surface area contributed by atoms with Crippen molar-refractivity contribution < 1.29 is 14.9 Å². The second-order valence-electron chi connectivity index (χ2n) is 6.62. The Morgan fingerprint density at radius 1 is 0.800 bits per heavy atom. The van der Waals surface area contributed by atoms with E-state index < -0.39 is 0 Å². The van der Waals surface area contributed by atoms with Gasteiger partial charge in [0.25, 0.3) is 0 Å². The van der Waals surface area contributed by atoms with Crippen LogP contribution in [0.5, 0.6) is 17.2 Å². The van der Waals surface area contributed by atoms with Gasteiger partial charge >= 0.3 is 0 Å². The standard InChI is InChI=1S/C22H20O3/c1-14-2-4-16(5-3-14)22-19-11-10-18(24)12-21(19)25-13-20(22)15-6-8-17(23)9-7-15/h2-12,20,22-24H,13H2,1H3. The van der Waals surface area contributed by atoms with Gasteiger partial charge in [-0.05, 0) is 36.2 Å². The van der Waals surface area contributed by atoms with Gasteiger partial charge in [0.1, 0.15) is 17.2 Å². The highest BCUT2D eigenvalue weighted by Gasteiger charge is 2.33. The molecule has 3 aromatic carbocycles. The van der Waals surface area contributed by atoms with Crippen LogP contribution in [-0.4, -0.2) is 16.8 Å². The van der Waals surface area contributed by atoms with Gasteiger partial charge in [-0.25, -0.2) is 0 Å². The lowest BCUT2D eigenvalue weighted by atomic mass is 9.76. The summed E-state index contributed by atoms with van der Waals surface area (Å²) in [7, 11) is 0. The van der Waals surface area contributed by atoms with Crippen LogP contribution in [0.2, 0.25) is 0 Å². The van der Waals surface area contributed by atoms with E-state index in [2.05, 4.69) is 31.2 Å². The molecule has 1 aliphatic rings. The molecule has 0 radical (unpaired) electrons. The molecule has 3 aromatic rings. The molecule has 1 heterocycles. The van der Waals surface area contributed by atoms with E-state index >= 15 is 0 Å². The van der Waals surface area contributed by atoms with Gasteiger partial charge in [0.15, 0.2) is 0 Å². The van der Waals surface area contributed by atoms with E-state index in [0.717, 1.165) is 16.9 Å². The number of ether oxygens (including phenoxy) is 1. The maximum absolute atomic E-state index is 9.79. The first-order chi connectivity index (χ1) is 12.1. The van der Waals surface area contributed by atoms with Crippen molar-refractivity contribution in [3.63, 3.8) is 0 Å². The zero-order chi connectivity index (χ0) is 17.4. The van der Waals surface area contributed by atoms with Crippen molar-refractivity contribution >= 4 is 0 Å². The molecule has 2 unspecified atom stereocenters. The highest BCUT2D eigenvalue weighted by molar-refractivity contribution is 5.50. The first kappa shape index (κ1) is 15.6. The molecular weight excluding hydrogens is 312 g/mol. The minimum absolute atomic E-state index is 0.134. The molecule has 0 aromatic heterocycles. The summed E-state index contributed by atoms with van der Waals surface area (Å²) in [4.78, 5) is 0. The Bertz CT molecular complexity index is 882. The van der Waals surface area contributed by atoms with Gasteiger partial charge in [0, 0.05) is 23.5 Å². The van der Waals surface area contributed by atoms with Crippen LogP contribution >= 0.6 is 0 Å². The number of hydrogen-bond donors (Lipinski definition) is 2. The Morgan fingerprint density at radius 2 is 1.44 bits per heavy atom. The molecule has 2 atom stereocenters. The van der Waals surface area contributed by atoms with Crippen LogP contribution < -0.4 is 4.74 Å². The molecule has 126 valence electrons. The second kappa shape index (κ2) is 6.17. The average Bonchev–Trinajstić information content (AvgIpc) is 2.62. The minimum atomic E-state index is 0.134. The van der Waals surface area contributed by atoms with Gasteiger partial charge < -0.3 is 14.9 Å². The maximum atomic E-state index is 9.79. The van der Waals surface area contributed by atoms with Gasteiger partial charge in [-0.15, -0.1) is 0 Å². The predicted molar refractivity (Wildman–Crippen MR) is 97.5 cm³/mol. The maximum Gasteiger partial charge on any atom is 0.126 e. The van der Waals surface area contributed by atoms with Crippen molar-refractivity contribution in [2.45, 2.75) is 18.8 Å². The predicted octanol–water partition coefficient (Wildman–Crippen LogP) is 4.71. The number of aromatic hydroxyl groups is 2. The van der Waals surface area contributed by atoms with Crippen LogP contribution in [-0.2, 0) is 0 Å². The zero-order valence-corrected chi connectivity index (χ0v) is 14.0. The van der Waals surface area contributed by atoms with E-state index in [4.69, 9.17) is 4.74 Å². The van der Waals surface area contributed by atoms with Gasteiger partial charge in [0.05, 0.1) is 6.61 Å². The highest BCUT2D eigenvalue weighted by atomic mass is 16.5. The van der Waals surface area contributed by atoms with Crippen molar-refractivity contribution in [2.75, 3.05) is 6.61 Å². The number of hydrogen-bond acceptors (Lipinski definition) is 3. The van der Waals surface area contributed by atoms with Gasteiger partial charge in [0.2, 0.25) is 0 Å². The van der Waals surface area contributed by atoms with Gasteiger partial charge in [-0.3, -0.25) is 0 Å². The topological polar surface area (TPSA) is 49.7 Å². The summed E-state index contributed by atoms with van der Waals surface area (Å²) in [5.41, 5.74) is 4.65. The number of benzene rings is 3. The second-order valence-corrected chi connectivity index (χ2v) is 6.62. The first-order valence-corrected chi connectivity index (χ1v) is 8.43. The smallest absolute Gasteiger partial charge is 0.126 e. The summed E-state index contributed by atoms with van der Waals surface area (Å²) < 4.78 is 5.95. The molecule has 3 heteroatoms. The summed E-state index contributed by atoms with van der Waals surface area (Å²) in [5.74, 6) is 1.48. The van der Waals surface area contributed by atoms with Crippen molar-refractivity contribution in [1.29, 1.82) is 0 Å². The van der Waals surface area contributed by atoms with Crippen molar-refractivity contribution in [2.24, 2.45) is 0 Å². The van der Waals surface area contributed by atoms with Crippen LogP contribution in [0.1, 0.15) is 34.1 Å². The fraction of sp³-hybridized carbons (Fsp3) is 0.182. The van der Waals surface area contributed by atoms with Gasteiger partial charge in [-0.1, -0.05) is 48.0 Å². The number of phenolic OH excluding ortho intramolecular Hbond substituents is 2. The Labute approximate surface area is 147 Å². The summed E-state index contributed by atoms with van der Waals surface area (Å²) in [6.07, 6.45) is 0. The van der Waals surface area contributed by atoms with Crippen LogP contribution in [0, 0.1) is 6.92 Å². The van der Waals surface area contributed by atoms with E-state index in [1.54, 1.807) is 24.3 Å². The summed E-state index contributed by atoms with van der Waals surface area (Å²) in [5, 5.41) is 19.4. The fourth-order valence-electron chi connectivity index (χ4n) is 3.59. The highest BCUT2D eigenvalue weighted by Crippen LogP contribution is 2.47. The van der Waals surface area contributed by atoms with E-state index in [9.17, 15) is 10.2 Å². The molecule has 25 heavy (non-hydrogen) atoms. The van der Waals surface area contributed by atoms with Crippen LogP contribution in [0.4, 0.5) is 0 Å². The molecular formula is C22H20O3. The number of aryl methyl sites for hydroxylation is 1. The Hall–Kier alpha value is -2.94. The molecule has 0 saturated heterocycles. The van der Waals surface area contributed by atoms with E-state index in [1.165, 1.54) is 11.1 Å². The lowest BCUT2D eigenvalue weighted by Gasteiger charge is -2.34. The van der Waals surface area contributed by atoms with Crippen molar-refractivity contribution in [3.8, 4) is 17.2 Å².